The highest BCUT2D eigenvalue weighted by atomic mass is 16.6. The number of aromatic nitrogens is 1. The molecule has 0 radical (unpaired) electrons. The molecule has 2 heterocycles. The lowest BCUT2D eigenvalue weighted by Gasteiger charge is -2.32. The van der Waals surface area contributed by atoms with Gasteiger partial charge >= 0.3 is 6.09 Å². The number of hydrogen-bond donors (Lipinski definition) is 1. The predicted molar refractivity (Wildman–Crippen MR) is 95.5 cm³/mol. The number of ether oxygens (including phenoxy) is 1. The summed E-state index contributed by atoms with van der Waals surface area (Å²) in [5.74, 6) is 0.728. The number of alkyl carbamates (subject to hydrolysis) is 1. The third kappa shape index (κ3) is 2.68. The van der Waals surface area contributed by atoms with E-state index in [1.807, 2.05) is 20.8 Å². The molecule has 1 aliphatic carbocycles. The van der Waals surface area contributed by atoms with Gasteiger partial charge in [0.2, 0.25) is 0 Å². The number of hydrogen-bond acceptors (Lipinski definition) is 2. The zero-order valence-corrected chi connectivity index (χ0v) is 14.9. The maximum atomic E-state index is 12.2. The average Bonchev–Trinajstić information content (AvgIpc) is 3.24. The van der Waals surface area contributed by atoms with Gasteiger partial charge in [0.15, 0.2) is 0 Å². The molecule has 4 heteroatoms. The molecule has 2 aliphatic rings. The smallest absolute Gasteiger partial charge is 0.407 e. The van der Waals surface area contributed by atoms with Crippen molar-refractivity contribution >= 4 is 17.0 Å². The summed E-state index contributed by atoms with van der Waals surface area (Å²) in [6.07, 6.45) is 5.45. The highest BCUT2D eigenvalue weighted by Crippen LogP contribution is 2.46. The molecular weight excluding hydrogens is 300 g/mol. The Morgan fingerprint density at radius 1 is 1.29 bits per heavy atom. The van der Waals surface area contributed by atoms with Gasteiger partial charge in [0.25, 0.3) is 0 Å². The minimum absolute atomic E-state index is 0.0532. The lowest BCUT2D eigenvalue weighted by molar-refractivity contribution is 0.0488. The van der Waals surface area contributed by atoms with Crippen LogP contribution < -0.4 is 5.32 Å². The number of para-hydroxylation sites is 1. The molecule has 4 rings (SSSR count). The van der Waals surface area contributed by atoms with E-state index in [9.17, 15) is 4.79 Å². The summed E-state index contributed by atoms with van der Waals surface area (Å²) in [5, 5.41) is 4.48. The van der Waals surface area contributed by atoms with Gasteiger partial charge in [0.05, 0.1) is 17.6 Å². The zero-order valence-electron chi connectivity index (χ0n) is 14.9. The number of rotatable bonds is 2. The first-order valence-electron chi connectivity index (χ1n) is 8.95. The van der Waals surface area contributed by atoms with Crippen molar-refractivity contribution < 1.29 is 9.53 Å². The van der Waals surface area contributed by atoms with Crippen molar-refractivity contribution in [2.45, 2.75) is 70.6 Å². The van der Waals surface area contributed by atoms with Crippen LogP contribution in [0.15, 0.2) is 24.4 Å². The van der Waals surface area contributed by atoms with Crippen LogP contribution >= 0.6 is 0 Å². The summed E-state index contributed by atoms with van der Waals surface area (Å²) in [7, 11) is 0. The van der Waals surface area contributed by atoms with Gasteiger partial charge in [-0.1, -0.05) is 18.2 Å². The second-order valence-corrected chi connectivity index (χ2v) is 8.28. The summed E-state index contributed by atoms with van der Waals surface area (Å²) in [6, 6.07) is 6.86. The molecule has 2 atom stereocenters. The molecule has 128 valence electrons. The first kappa shape index (κ1) is 15.6. The fourth-order valence-electron chi connectivity index (χ4n) is 3.85. The molecular formula is C20H26N2O2. The number of nitrogens with zero attached hydrogens (tertiary/aromatic N) is 1. The number of amides is 1. The molecule has 0 saturated heterocycles. The van der Waals surface area contributed by atoms with E-state index in [1.165, 1.54) is 34.9 Å². The van der Waals surface area contributed by atoms with E-state index in [-0.39, 0.29) is 18.2 Å². The van der Waals surface area contributed by atoms with Crippen molar-refractivity contribution in [3.8, 4) is 0 Å². The fraction of sp³-hybridized carbons (Fsp3) is 0.550. The van der Waals surface area contributed by atoms with E-state index in [1.54, 1.807) is 0 Å². The lowest BCUT2D eigenvalue weighted by Crippen LogP contribution is -2.45. The van der Waals surface area contributed by atoms with E-state index >= 15 is 0 Å². The van der Waals surface area contributed by atoms with Gasteiger partial charge in [0, 0.05) is 11.6 Å². The molecule has 4 nitrogen and oxygen atoms in total. The van der Waals surface area contributed by atoms with Crippen LogP contribution in [0.2, 0.25) is 0 Å². The minimum Gasteiger partial charge on any atom is -0.444 e. The molecule has 1 amide bonds. The van der Waals surface area contributed by atoms with Gasteiger partial charge in [-0.25, -0.2) is 4.79 Å². The third-order valence-electron chi connectivity index (χ3n) is 5.15. The zero-order chi connectivity index (χ0) is 17.1. The van der Waals surface area contributed by atoms with Crippen molar-refractivity contribution in [2.24, 2.45) is 0 Å². The standard InChI is InChI=1S/C20H26N2O2/c1-12-17(21-19(23)24-20(2,3)4)10-14-6-5-7-15-16(13-8-9-13)11-22(12)18(14)15/h5-7,11-13,17H,8-10H2,1-4H3,(H,21,23)/t12-,17+/m1/s1. The first-order chi connectivity index (χ1) is 11.3. The van der Waals surface area contributed by atoms with Crippen molar-refractivity contribution in [2.75, 3.05) is 0 Å². The number of carbonyl (C=O) groups excluding carboxylic acids is 1. The van der Waals surface area contributed by atoms with Crippen LogP contribution in [0.1, 0.15) is 63.6 Å². The SMILES string of the molecule is C[C@@H]1[C@@H](NC(=O)OC(C)(C)C)Cc2cccc3c(C4CC4)cn1c23. The maximum absolute atomic E-state index is 12.2. The van der Waals surface area contributed by atoms with Crippen LogP contribution in [-0.2, 0) is 11.2 Å². The molecule has 1 aromatic heterocycles. The largest absolute Gasteiger partial charge is 0.444 e. The summed E-state index contributed by atoms with van der Waals surface area (Å²) >= 11 is 0. The van der Waals surface area contributed by atoms with E-state index < -0.39 is 5.60 Å². The Labute approximate surface area is 143 Å². The Bertz CT molecular complexity index is 796. The first-order valence-corrected chi connectivity index (χ1v) is 8.95. The maximum Gasteiger partial charge on any atom is 0.407 e. The molecule has 1 saturated carbocycles. The number of nitrogens with one attached hydrogen (secondary N) is 1. The van der Waals surface area contributed by atoms with Gasteiger partial charge in [-0.05, 0) is 64.0 Å². The van der Waals surface area contributed by atoms with Gasteiger partial charge in [0.1, 0.15) is 5.60 Å². The molecule has 2 aromatic rings. The van der Waals surface area contributed by atoms with E-state index in [0.717, 1.165) is 12.3 Å². The Hall–Kier alpha value is -1.97. The van der Waals surface area contributed by atoms with E-state index in [0.29, 0.717) is 0 Å². The van der Waals surface area contributed by atoms with E-state index in [2.05, 4.69) is 41.2 Å². The molecule has 0 spiro atoms. The van der Waals surface area contributed by atoms with Crippen LogP contribution in [-0.4, -0.2) is 22.3 Å². The Morgan fingerprint density at radius 2 is 2.04 bits per heavy atom. The number of carbonyl (C=O) groups is 1. The van der Waals surface area contributed by atoms with Crippen LogP contribution in [0.5, 0.6) is 0 Å². The van der Waals surface area contributed by atoms with Crippen LogP contribution in [0.4, 0.5) is 4.79 Å². The normalized spacial score (nSPS) is 23.3. The fourth-order valence-corrected chi connectivity index (χ4v) is 3.85. The van der Waals surface area contributed by atoms with Gasteiger partial charge in [-0.15, -0.1) is 0 Å². The highest BCUT2D eigenvalue weighted by Gasteiger charge is 2.34. The third-order valence-corrected chi connectivity index (χ3v) is 5.15. The van der Waals surface area contributed by atoms with Crippen molar-refractivity contribution in [3.63, 3.8) is 0 Å². The van der Waals surface area contributed by atoms with E-state index in [4.69, 9.17) is 4.74 Å². The molecule has 1 aliphatic heterocycles. The summed E-state index contributed by atoms with van der Waals surface area (Å²) in [6.45, 7) is 7.87. The second-order valence-electron chi connectivity index (χ2n) is 8.28. The summed E-state index contributed by atoms with van der Waals surface area (Å²) < 4.78 is 7.81. The average molecular weight is 326 g/mol. The van der Waals surface area contributed by atoms with Crippen LogP contribution in [0.25, 0.3) is 10.9 Å². The van der Waals surface area contributed by atoms with Crippen molar-refractivity contribution in [1.82, 2.24) is 9.88 Å². The van der Waals surface area contributed by atoms with Crippen LogP contribution in [0, 0.1) is 0 Å². The lowest BCUT2D eigenvalue weighted by atomic mass is 9.94. The molecule has 1 aromatic carbocycles. The second kappa shape index (κ2) is 5.27. The van der Waals surface area contributed by atoms with Crippen molar-refractivity contribution in [3.05, 3.63) is 35.5 Å². The summed E-state index contributed by atoms with van der Waals surface area (Å²) in [5.41, 5.74) is 3.68. The Kier molecular flexibility index (Phi) is 3.41. The van der Waals surface area contributed by atoms with Gasteiger partial charge < -0.3 is 14.6 Å². The van der Waals surface area contributed by atoms with Gasteiger partial charge in [-0.2, -0.15) is 0 Å². The van der Waals surface area contributed by atoms with Crippen molar-refractivity contribution in [1.29, 1.82) is 0 Å². The Morgan fingerprint density at radius 3 is 2.71 bits per heavy atom. The minimum atomic E-state index is -0.472. The molecule has 24 heavy (non-hydrogen) atoms. The molecule has 0 bridgehead atoms. The highest BCUT2D eigenvalue weighted by molar-refractivity contribution is 5.88. The Balaban J connectivity index is 1.64. The predicted octanol–water partition coefficient (Wildman–Crippen LogP) is 4.53. The monoisotopic (exact) mass is 326 g/mol. The topological polar surface area (TPSA) is 43.3 Å². The number of benzene rings is 1. The van der Waals surface area contributed by atoms with Gasteiger partial charge in [-0.3, -0.25) is 0 Å². The molecule has 1 fully saturated rings. The quantitative estimate of drug-likeness (QED) is 0.881. The molecule has 0 unspecified atom stereocenters. The summed E-state index contributed by atoms with van der Waals surface area (Å²) in [4.78, 5) is 12.2. The molecule has 1 N–H and O–H groups in total. The van der Waals surface area contributed by atoms with Crippen LogP contribution in [0.3, 0.4) is 0 Å².